The fraction of sp³-hybridized carbons (Fsp3) is 0.378. The Morgan fingerprint density at radius 1 is 0.522 bits per heavy atom. The zero-order chi connectivity index (χ0) is 32.8. The van der Waals surface area contributed by atoms with Gasteiger partial charge in [0.1, 0.15) is 23.0 Å². The Bertz CT molecular complexity index is 1330. The first-order valence-electron chi connectivity index (χ1n) is 15.9. The minimum atomic E-state index is -0.520. The lowest BCUT2D eigenvalue weighted by Gasteiger charge is -2.09. The van der Waals surface area contributed by atoms with Crippen LogP contribution in [0.15, 0.2) is 85.5 Å². The topological polar surface area (TPSA) is 118 Å². The maximum absolute atomic E-state index is 12.6. The lowest BCUT2D eigenvalue weighted by atomic mass is 10.1. The second-order valence-electron chi connectivity index (χ2n) is 10.6. The third-order valence-corrected chi connectivity index (χ3v) is 6.96. The molecule has 0 heterocycles. The minimum absolute atomic E-state index is 0.259. The van der Waals surface area contributed by atoms with Crippen LogP contribution in [0.4, 0.5) is 0 Å². The molecule has 0 unspecified atom stereocenters. The van der Waals surface area contributed by atoms with E-state index >= 15 is 0 Å². The molecule has 9 heteroatoms. The van der Waals surface area contributed by atoms with E-state index in [4.69, 9.17) is 28.8 Å². The van der Waals surface area contributed by atoms with Gasteiger partial charge in [-0.3, -0.25) is 0 Å². The second kappa shape index (κ2) is 21.2. The van der Waals surface area contributed by atoms with Crippen molar-refractivity contribution in [2.75, 3.05) is 26.4 Å². The number of carbonyl (C=O) groups excluding carboxylic acids is 3. The number of aliphatic hydroxyl groups excluding tert-OH is 1. The minimum Gasteiger partial charge on any atom is -0.494 e. The average Bonchev–Trinajstić information content (AvgIpc) is 3.08. The Balaban J connectivity index is 1.33. The SMILES string of the molecule is C=CC(=O)OCCCCCCOc1ccc(C(=O)Oc2ccc(OC(=O)c3ccc(OCCCCCCCCO)cc3)cc2)cc1. The predicted octanol–water partition coefficient (Wildman–Crippen LogP) is 7.51. The highest BCUT2D eigenvalue weighted by Crippen LogP contribution is 2.22. The van der Waals surface area contributed by atoms with Crippen LogP contribution in [-0.2, 0) is 9.53 Å². The third kappa shape index (κ3) is 14.0. The van der Waals surface area contributed by atoms with Crippen LogP contribution < -0.4 is 18.9 Å². The molecule has 0 aliphatic heterocycles. The highest BCUT2D eigenvalue weighted by molar-refractivity contribution is 5.92. The van der Waals surface area contributed by atoms with Gasteiger partial charge in [-0.2, -0.15) is 0 Å². The maximum Gasteiger partial charge on any atom is 0.343 e. The first kappa shape index (κ1) is 35.8. The summed E-state index contributed by atoms with van der Waals surface area (Å²) < 4.78 is 27.3. The van der Waals surface area contributed by atoms with Gasteiger partial charge < -0.3 is 28.8 Å². The van der Waals surface area contributed by atoms with Crippen LogP contribution >= 0.6 is 0 Å². The molecule has 0 radical (unpaired) electrons. The summed E-state index contributed by atoms with van der Waals surface area (Å²) in [5.74, 6) is 0.557. The quantitative estimate of drug-likeness (QED) is 0.0520. The number of hydrogen-bond donors (Lipinski definition) is 1. The molecule has 3 aromatic rings. The Kier molecular flexibility index (Phi) is 16.5. The Morgan fingerprint density at radius 2 is 0.891 bits per heavy atom. The first-order chi connectivity index (χ1) is 22.5. The fourth-order valence-corrected chi connectivity index (χ4v) is 4.37. The van der Waals surface area contributed by atoms with Gasteiger partial charge in [0.2, 0.25) is 0 Å². The summed E-state index contributed by atoms with van der Waals surface area (Å²) in [5, 5.41) is 8.81. The van der Waals surface area contributed by atoms with E-state index < -0.39 is 17.9 Å². The summed E-state index contributed by atoms with van der Waals surface area (Å²) in [6.45, 7) is 5.17. The molecule has 1 N–H and O–H groups in total. The molecule has 0 spiro atoms. The number of carbonyl (C=O) groups is 3. The Labute approximate surface area is 271 Å². The number of benzene rings is 3. The van der Waals surface area contributed by atoms with Crippen LogP contribution in [0.2, 0.25) is 0 Å². The summed E-state index contributed by atoms with van der Waals surface area (Å²) in [4.78, 5) is 36.2. The second-order valence-corrected chi connectivity index (χ2v) is 10.6. The summed E-state index contributed by atoms with van der Waals surface area (Å²) in [5.41, 5.74) is 0.765. The lowest BCUT2D eigenvalue weighted by molar-refractivity contribution is -0.137. The van der Waals surface area contributed by atoms with E-state index in [1.807, 2.05) is 0 Å². The molecule has 0 atom stereocenters. The molecule has 46 heavy (non-hydrogen) atoms. The van der Waals surface area contributed by atoms with Crippen LogP contribution in [-0.4, -0.2) is 49.4 Å². The highest BCUT2D eigenvalue weighted by atomic mass is 16.5. The third-order valence-electron chi connectivity index (χ3n) is 6.96. The van der Waals surface area contributed by atoms with Gasteiger partial charge in [0.05, 0.1) is 30.9 Å². The molecule has 0 aliphatic rings. The predicted molar refractivity (Wildman–Crippen MR) is 175 cm³/mol. The van der Waals surface area contributed by atoms with Gasteiger partial charge in [-0.25, -0.2) is 14.4 Å². The summed E-state index contributed by atoms with van der Waals surface area (Å²) >= 11 is 0. The van der Waals surface area contributed by atoms with E-state index in [-0.39, 0.29) is 6.61 Å². The van der Waals surface area contributed by atoms with Crippen molar-refractivity contribution in [2.24, 2.45) is 0 Å². The highest BCUT2D eigenvalue weighted by Gasteiger charge is 2.12. The first-order valence-corrected chi connectivity index (χ1v) is 15.9. The van der Waals surface area contributed by atoms with Gasteiger partial charge in [-0.1, -0.05) is 32.3 Å². The standard InChI is InChI=1S/C37H44O9/c1-2-35(39)44-28-12-8-7-11-27-43-32-19-15-30(16-20-32)37(41)46-34-23-21-33(22-24-34)45-36(40)29-13-17-31(18-14-29)42-26-10-6-4-3-5-9-25-38/h2,13-24,38H,1,3-12,25-28H2. The van der Waals surface area contributed by atoms with Crippen molar-refractivity contribution in [2.45, 2.75) is 64.2 Å². The van der Waals surface area contributed by atoms with Gasteiger partial charge >= 0.3 is 17.9 Å². The molecule has 3 rings (SSSR count). The van der Waals surface area contributed by atoms with E-state index in [9.17, 15) is 14.4 Å². The number of aliphatic hydroxyl groups is 1. The number of esters is 3. The van der Waals surface area contributed by atoms with Crippen LogP contribution in [0.25, 0.3) is 0 Å². The monoisotopic (exact) mass is 632 g/mol. The van der Waals surface area contributed by atoms with Crippen LogP contribution in [0.1, 0.15) is 84.9 Å². The number of ether oxygens (including phenoxy) is 5. The van der Waals surface area contributed by atoms with Crippen LogP contribution in [0, 0.1) is 0 Å². The van der Waals surface area contributed by atoms with Gasteiger partial charge in [0.25, 0.3) is 0 Å². The molecule has 0 fully saturated rings. The Morgan fingerprint density at radius 3 is 1.30 bits per heavy atom. The number of unbranched alkanes of at least 4 members (excludes halogenated alkanes) is 8. The van der Waals surface area contributed by atoms with E-state index in [0.29, 0.717) is 53.9 Å². The summed E-state index contributed by atoms with van der Waals surface area (Å²) in [6, 6.07) is 19.8. The van der Waals surface area contributed by atoms with Crippen molar-refractivity contribution in [3.8, 4) is 23.0 Å². The van der Waals surface area contributed by atoms with Crippen molar-refractivity contribution in [3.63, 3.8) is 0 Å². The molecule has 0 bridgehead atoms. The van der Waals surface area contributed by atoms with Gasteiger partial charge in [-0.05, 0) is 111 Å². The fourth-order valence-electron chi connectivity index (χ4n) is 4.37. The zero-order valence-corrected chi connectivity index (χ0v) is 26.3. The van der Waals surface area contributed by atoms with E-state index in [0.717, 1.165) is 70.3 Å². The molecular formula is C37H44O9. The molecule has 0 amide bonds. The number of rotatable bonds is 22. The van der Waals surface area contributed by atoms with Crippen LogP contribution in [0.5, 0.6) is 23.0 Å². The molecule has 0 aliphatic carbocycles. The van der Waals surface area contributed by atoms with Gasteiger partial charge in [-0.15, -0.1) is 0 Å². The maximum atomic E-state index is 12.6. The normalized spacial score (nSPS) is 10.5. The zero-order valence-electron chi connectivity index (χ0n) is 26.3. The van der Waals surface area contributed by atoms with E-state index in [1.165, 1.54) is 0 Å². The molecule has 9 nitrogen and oxygen atoms in total. The largest absolute Gasteiger partial charge is 0.494 e. The average molecular weight is 633 g/mol. The van der Waals surface area contributed by atoms with E-state index in [2.05, 4.69) is 6.58 Å². The van der Waals surface area contributed by atoms with Gasteiger partial charge in [0.15, 0.2) is 0 Å². The van der Waals surface area contributed by atoms with Crippen molar-refractivity contribution in [1.82, 2.24) is 0 Å². The molecule has 3 aromatic carbocycles. The molecule has 246 valence electrons. The summed E-state index contributed by atoms with van der Waals surface area (Å²) in [6.07, 6.45) is 10.9. The van der Waals surface area contributed by atoms with E-state index in [1.54, 1.807) is 72.8 Å². The summed E-state index contributed by atoms with van der Waals surface area (Å²) in [7, 11) is 0. The van der Waals surface area contributed by atoms with Crippen molar-refractivity contribution in [3.05, 3.63) is 96.6 Å². The van der Waals surface area contributed by atoms with Crippen molar-refractivity contribution < 1.29 is 43.2 Å². The van der Waals surface area contributed by atoms with Crippen molar-refractivity contribution in [1.29, 1.82) is 0 Å². The van der Waals surface area contributed by atoms with Crippen LogP contribution in [0.3, 0.4) is 0 Å². The lowest BCUT2D eigenvalue weighted by Crippen LogP contribution is -2.09. The molecule has 0 saturated carbocycles. The van der Waals surface area contributed by atoms with Crippen molar-refractivity contribution >= 4 is 17.9 Å². The molecule has 0 aromatic heterocycles. The Hall–Kier alpha value is -4.63. The smallest absolute Gasteiger partial charge is 0.343 e. The molecule has 0 saturated heterocycles. The number of hydrogen-bond acceptors (Lipinski definition) is 9. The van der Waals surface area contributed by atoms with Gasteiger partial charge in [0, 0.05) is 12.7 Å². The molecular weight excluding hydrogens is 588 g/mol.